The second kappa shape index (κ2) is 12.1. The highest BCUT2D eigenvalue weighted by molar-refractivity contribution is 6.29. The van der Waals surface area contributed by atoms with Gasteiger partial charge in [0.2, 0.25) is 0 Å². The molecule has 4 nitrogen and oxygen atoms in total. The minimum Gasteiger partial charge on any atom is -0.309 e. The SMILES string of the molecule is c1ccc(-c2nc3ccccc3c3c2ccc2c3c3ccccc3n2-c2cccc(-c3ccc(-n4c(-c5ccccc5)nc5ccccc54)cc3)c2)cc1. The minimum atomic E-state index is 0.935. The largest absolute Gasteiger partial charge is 0.309 e. The van der Waals surface area contributed by atoms with E-state index < -0.39 is 0 Å². The highest BCUT2D eigenvalue weighted by Gasteiger charge is 2.20. The third kappa shape index (κ3) is 4.70. The molecule has 252 valence electrons. The number of hydrogen-bond donors (Lipinski definition) is 0. The molecule has 3 aromatic heterocycles. The van der Waals surface area contributed by atoms with E-state index in [9.17, 15) is 0 Å². The Balaban J connectivity index is 1.08. The van der Waals surface area contributed by atoms with Gasteiger partial charge in [0, 0.05) is 49.4 Å². The van der Waals surface area contributed by atoms with Gasteiger partial charge < -0.3 is 4.57 Å². The van der Waals surface area contributed by atoms with Gasteiger partial charge in [-0.05, 0) is 65.7 Å². The maximum atomic E-state index is 5.22. The Morgan fingerprint density at radius 3 is 1.76 bits per heavy atom. The van der Waals surface area contributed by atoms with Gasteiger partial charge in [-0.3, -0.25) is 4.57 Å². The van der Waals surface area contributed by atoms with Crippen LogP contribution in [0.15, 0.2) is 194 Å². The first-order chi connectivity index (χ1) is 26.8. The molecule has 0 saturated carbocycles. The monoisotopic (exact) mass is 688 g/mol. The molecule has 0 aliphatic heterocycles. The number of rotatable bonds is 5. The van der Waals surface area contributed by atoms with Crippen molar-refractivity contribution >= 4 is 54.5 Å². The number of nitrogens with zero attached hydrogens (tertiary/aromatic N) is 4. The van der Waals surface area contributed by atoms with Crippen molar-refractivity contribution in [3.8, 4) is 45.1 Å². The van der Waals surface area contributed by atoms with Gasteiger partial charge in [0.25, 0.3) is 0 Å². The van der Waals surface area contributed by atoms with Crippen molar-refractivity contribution in [3.05, 3.63) is 194 Å². The molecule has 54 heavy (non-hydrogen) atoms. The number of hydrogen-bond acceptors (Lipinski definition) is 2. The van der Waals surface area contributed by atoms with Crippen molar-refractivity contribution < 1.29 is 0 Å². The average molecular weight is 689 g/mol. The fourth-order valence-electron chi connectivity index (χ4n) is 8.29. The van der Waals surface area contributed by atoms with Crippen LogP contribution in [0.5, 0.6) is 0 Å². The highest BCUT2D eigenvalue weighted by Crippen LogP contribution is 2.42. The molecule has 0 amide bonds. The summed E-state index contributed by atoms with van der Waals surface area (Å²) in [5.41, 5.74) is 13.1. The zero-order chi connectivity index (χ0) is 35.6. The third-order valence-electron chi connectivity index (χ3n) is 10.7. The van der Waals surface area contributed by atoms with E-state index in [4.69, 9.17) is 9.97 Å². The lowest BCUT2D eigenvalue weighted by Gasteiger charge is -2.13. The van der Waals surface area contributed by atoms with Crippen LogP contribution >= 0.6 is 0 Å². The maximum absolute atomic E-state index is 5.22. The molecule has 0 unspecified atom stereocenters. The van der Waals surface area contributed by atoms with E-state index in [2.05, 4.69) is 191 Å². The number of aromatic nitrogens is 4. The van der Waals surface area contributed by atoms with Crippen LogP contribution in [0.1, 0.15) is 0 Å². The molecular weight excluding hydrogens is 657 g/mol. The summed E-state index contributed by atoms with van der Waals surface area (Å²) in [6.07, 6.45) is 0. The lowest BCUT2D eigenvalue weighted by molar-refractivity contribution is 1.10. The van der Waals surface area contributed by atoms with Gasteiger partial charge in [-0.15, -0.1) is 0 Å². The normalized spacial score (nSPS) is 11.7. The standard InChI is InChI=1S/C50H32N4/c1-3-14-34(15-4-1)49-41-30-31-46-48(47(41)39-20-7-9-22-42(39)51-49)40-21-8-11-24-44(40)53(46)38-19-13-18-36(32-38)33-26-28-37(29-27-33)54-45-25-12-10-23-43(45)52-50(54)35-16-5-2-6-17-35/h1-32H. The van der Waals surface area contributed by atoms with Crippen LogP contribution < -0.4 is 0 Å². The summed E-state index contributed by atoms with van der Waals surface area (Å²) < 4.78 is 4.68. The Morgan fingerprint density at radius 2 is 0.963 bits per heavy atom. The Hall–Kier alpha value is -7.30. The Labute approximate surface area is 311 Å². The predicted molar refractivity (Wildman–Crippen MR) is 225 cm³/mol. The summed E-state index contributed by atoms with van der Waals surface area (Å²) >= 11 is 0. The van der Waals surface area contributed by atoms with Crippen LogP contribution in [-0.4, -0.2) is 19.1 Å². The number of benzene rings is 8. The zero-order valence-corrected chi connectivity index (χ0v) is 29.3. The third-order valence-corrected chi connectivity index (χ3v) is 10.7. The first kappa shape index (κ1) is 30.3. The van der Waals surface area contributed by atoms with Crippen LogP contribution in [0.25, 0.3) is 99.7 Å². The van der Waals surface area contributed by atoms with Crippen molar-refractivity contribution in [3.63, 3.8) is 0 Å². The van der Waals surface area contributed by atoms with E-state index in [1.54, 1.807) is 0 Å². The Bertz CT molecular complexity index is 3190. The molecule has 0 bridgehead atoms. The van der Waals surface area contributed by atoms with Gasteiger partial charge in [-0.1, -0.05) is 140 Å². The first-order valence-electron chi connectivity index (χ1n) is 18.3. The van der Waals surface area contributed by atoms with Crippen LogP contribution in [0, 0.1) is 0 Å². The van der Waals surface area contributed by atoms with E-state index in [1.807, 2.05) is 12.1 Å². The van der Waals surface area contributed by atoms with Crippen molar-refractivity contribution in [1.29, 1.82) is 0 Å². The minimum absolute atomic E-state index is 0.935. The lowest BCUT2D eigenvalue weighted by atomic mass is 9.96. The number of imidazole rings is 1. The number of fused-ring (bicyclic) bond motifs is 8. The van der Waals surface area contributed by atoms with Crippen molar-refractivity contribution in [2.75, 3.05) is 0 Å². The van der Waals surface area contributed by atoms with E-state index >= 15 is 0 Å². The molecule has 0 N–H and O–H groups in total. The van der Waals surface area contributed by atoms with Gasteiger partial charge in [0.1, 0.15) is 5.82 Å². The number of para-hydroxylation sites is 4. The lowest BCUT2D eigenvalue weighted by Crippen LogP contribution is -1.98. The van der Waals surface area contributed by atoms with Gasteiger partial charge >= 0.3 is 0 Å². The van der Waals surface area contributed by atoms with Gasteiger partial charge in [-0.2, -0.15) is 0 Å². The summed E-state index contributed by atoms with van der Waals surface area (Å²) in [6.45, 7) is 0. The van der Waals surface area contributed by atoms with E-state index in [0.29, 0.717) is 0 Å². The zero-order valence-electron chi connectivity index (χ0n) is 29.3. The Morgan fingerprint density at radius 1 is 0.315 bits per heavy atom. The molecule has 0 spiro atoms. The molecule has 0 aliphatic carbocycles. The van der Waals surface area contributed by atoms with Crippen molar-refractivity contribution in [1.82, 2.24) is 19.1 Å². The summed E-state index contributed by atoms with van der Waals surface area (Å²) in [4.78, 5) is 10.3. The molecular formula is C50H32N4. The first-order valence-corrected chi connectivity index (χ1v) is 18.3. The highest BCUT2D eigenvalue weighted by atomic mass is 15.1. The molecule has 0 radical (unpaired) electrons. The van der Waals surface area contributed by atoms with Crippen LogP contribution in [0.3, 0.4) is 0 Å². The second-order valence-corrected chi connectivity index (χ2v) is 13.8. The topological polar surface area (TPSA) is 35.6 Å². The fraction of sp³-hybridized carbons (Fsp3) is 0. The molecule has 11 rings (SSSR count). The van der Waals surface area contributed by atoms with Crippen LogP contribution in [0.2, 0.25) is 0 Å². The maximum Gasteiger partial charge on any atom is 0.145 e. The molecule has 0 atom stereocenters. The molecule has 3 heterocycles. The van der Waals surface area contributed by atoms with E-state index in [1.165, 1.54) is 27.2 Å². The Kier molecular flexibility index (Phi) is 6.82. The van der Waals surface area contributed by atoms with Crippen molar-refractivity contribution in [2.24, 2.45) is 0 Å². The molecule has 8 aromatic carbocycles. The molecule has 0 aliphatic rings. The smallest absolute Gasteiger partial charge is 0.145 e. The fourth-order valence-corrected chi connectivity index (χ4v) is 8.29. The number of pyridine rings is 1. The predicted octanol–water partition coefficient (Wildman–Crippen LogP) is 12.8. The van der Waals surface area contributed by atoms with Crippen LogP contribution in [0.4, 0.5) is 0 Å². The molecule has 0 saturated heterocycles. The van der Waals surface area contributed by atoms with E-state index in [0.717, 1.165) is 72.5 Å². The van der Waals surface area contributed by atoms with Gasteiger partial charge in [-0.25, -0.2) is 9.97 Å². The molecule has 0 fully saturated rings. The molecule has 11 aromatic rings. The molecule has 4 heteroatoms. The summed E-state index contributed by atoms with van der Waals surface area (Å²) in [6, 6.07) is 69.0. The van der Waals surface area contributed by atoms with Gasteiger partial charge in [0.05, 0.1) is 33.3 Å². The summed E-state index contributed by atoms with van der Waals surface area (Å²) in [5.74, 6) is 0.935. The van der Waals surface area contributed by atoms with Crippen molar-refractivity contribution in [2.45, 2.75) is 0 Å². The van der Waals surface area contributed by atoms with Crippen LogP contribution in [-0.2, 0) is 0 Å². The average Bonchev–Trinajstić information content (AvgIpc) is 3.81. The summed E-state index contributed by atoms with van der Waals surface area (Å²) in [5, 5.41) is 6.03. The summed E-state index contributed by atoms with van der Waals surface area (Å²) in [7, 11) is 0. The quantitative estimate of drug-likeness (QED) is 0.169. The van der Waals surface area contributed by atoms with Gasteiger partial charge in [0.15, 0.2) is 0 Å². The van der Waals surface area contributed by atoms with E-state index in [-0.39, 0.29) is 0 Å². The second-order valence-electron chi connectivity index (χ2n) is 13.8.